The second-order valence-electron chi connectivity index (χ2n) is 8.61. The van der Waals surface area contributed by atoms with Gasteiger partial charge in [-0.1, -0.05) is 48.5 Å². The zero-order valence-electron chi connectivity index (χ0n) is 20.7. The number of nitrogens with zero attached hydrogens (tertiary/aromatic N) is 1. The minimum atomic E-state index is -4.28. The van der Waals surface area contributed by atoms with E-state index in [4.69, 9.17) is 14.0 Å². The number of esters is 1. The molecular weight excluding hydrogens is 512 g/mol. The molecule has 1 aliphatic heterocycles. The maximum atomic E-state index is 13.2. The number of hydrogen-bond acceptors (Lipinski definition) is 7. The topological polar surface area (TPSA) is 139 Å². The summed E-state index contributed by atoms with van der Waals surface area (Å²) < 4.78 is 37.0. The minimum absolute atomic E-state index is 0.0526. The van der Waals surface area contributed by atoms with Gasteiger partial charge >= 0.3 is 28.1 Å². The molecule has 0 saturated heterocycles. The largest absolute Gasteiger partial charge is 0.481 e. The molecule has 38 heavy (non-hydrogen) atoms. The molecule has 0 radical (unpaired) electrons. The van der Waals surface area contributed by atoms with Gasteiger partial charge in [0.15, 0.2) is 0 Å². The van der Waals surface area contributed by atoms with Crippen molar-refractivity contribution in [3.05, 3.63) is 83.6 Å². The van der Waals surface area contributed by atoms with Crippen molar-refractivity contribution < 1.29 is 36.8 Å². The van der Waals surface area contributed by atoms with Gasteiger partial charge in [0.25, 0.3) is 0 Å². The number of allylic oxidation sites excluding steroid dienone is 1. The van der Waals surface area contributed by atoms with Crippen LogP contribution in [0.4, 0.5) is 4.79 Å². The average Bonchev–Trinajstić information content (AvgIpc) is 2.89. The van der Waals surface area contributed by atoms with Crippen LogP contribution in [0.1, 0.15) is 31.4 Å². The number of amides is 2. The highest BCUT2D eigenvalue weighted by atomic mass is 32.2. The fourth-order valence-electron chi connectivity index (χ4n) is 4.33. The molecule has 1 unspecified atom stereocenters. The van der Waals surface area contributed by atoms with E-state index in [1.165, 1.54) is 30.2 Å². The molecule has 1 aliphatic rings. The van der Waals surface area contributed by atoms with Crippen molar-refractivity contribution in [3.8, 4) is 5.75 Å². The number of rotatable bonds is 9. The van der Waals surface area contributed by atoms with E-state index < -0.39 is 34.1 Å². The van der Waals surface area contributed by atoms with Crippen molar-refractivity contribution in [2.45, 2.75) is 30.7 Å². The molecule has 1 heterocycles. The molecule has 11 heteroatoms. The number of fused-ring (bicyclic) bond motifs is 1. The Hall–Kier alpha value is -4.38. The highest BCUT2D eigenvalue weighted by molar-refractivity contribution is 7.87. The number of carbonyl (C=O) groups excluding carboxylic acids is 2. The monoisotopic (exact) mass is 538 g/mol. The number of para-hydroxylation sites is 1. The maximum Gasteiger partial charge on any atom is 0.339 e. The van der Waals surface area contributed by atoms with Crippen molar-refractivity contribution in [3.63, 3.8) is 0 Å². The van der Waals surface area contributed by atoms with Gasteiger partial charge in [0.05, 0.1) is 18.7 Å². The molecule has 1 atom stereocenters. The number of urea groups is 1. The van der Waals surface area contributed by atoms with Gasteiger partial charge in [0, 0.05) is 24.2 Å². The Morgan fingerprint density at radius 3 is 2.42 bits per heavy atom. The van der Waals surface area contributed by atoms with Gasteiger partial charge in [0.1, 0.15) is 10.6 Å². The van der Waals surface area contributed by atoms with E-state index in [1.54, 1.807) is 43.3 Å². The van der Waals surface area contributed by atoms with E-state index in [0.717, 1.165) is 10.8 Å². The Labute approximate surface area is 219 Å². The third-order valence-electron chi connectivity index (χ3n) is 6.21. The Kier molecular flexibility index (Phi) is 7.67. The number of carboxylic acids is 1. The quantitative estimate of drug-likeness (QED) is 0.308. The fraction of sp³-hybridized carbons (Fsp3) is 0.222. The predicted octanol–water partition coefficient (Wildman–Crippen LogP) is 3.99. The first-order valence-electron chi connectivity index (χ1n) is 11.7. The summed E-state index contributed by atoms with van der Waals surface area (Å²) in [5.74, 6) is -1.81. The van der Waals surface area contributed by atoms with Crippen LogP contribution in [-0.4, -0.2) is 50.0 Å². The van der Waals surface area contributed by atoms with Gasteiger partial charge in [-0.2, -0.15) is 8.42 Å². The van der Waals surface area contributed by atoms with Crippen LogP contribution in [0.15, 0.2) is 82.9 Å². The third kappa shape index (κ3) is 5.47. The minimum Gasteiger partial charge on any atom is -0.481 e. The summed E-state index contributed by atoms with van der Waals surface area (Å²) in [5, 5.41) is 13.2. The number of methoxy groups -OCH3 is 1. The molecular formula is C27H26N2O8S. The van der Waals surface area contributed by atoms with E-state index in [-0.39, 0.29) is 46.9 Å². The number of nitrogens with one attached hydrogen (secondary N) is 1. The molecule has 3 aromatic rings. The normalized spacial score (nSPS) is 15.8. The van der Waals surface area contributed by atoms with Crippen LogP contribution >= 0.6 is 0 Å². The summed E-state index contributed by atoms with van der Waals surface area (Å²) >= 11 is 0. The Bertz CT molecular complexity index is 1550. The van der Waals surface area contributed by atoms with Gasteiger partial charge in [-0.05, 0) is 42.3 Å². The number of hydrogen-bond donors (Lipinski definition) is 2. The van der Waals surface area contributed by atoms with E-state index in [1.807, 2.05) is 12.1 Å². The lowest BCUT2D eigenvalue weighted by molar-refractivity contribution is -0.138. The second kappa shape index (κ2) is 10.9. The van der Waals surface area contributed by atoms with Crippen LogP contribution in [-0.2, 0) is 24.4 Å². The molecule has 3 aromatic carbocycles. The first-order chi connectivity index (χ1) is 18.1. The summed E-state index contributed by atoms with van der Waals surface area (Å²) in [6.07, 6.45) is 0.0142. The second-order valence-corrected chi connectivity index (χ2v) is 10.2. The van der Waals surface area contributed by atoms with Crippen molar-refractivity contribution in [2.24, 2.45) is 0 Å². The molecule has 198 valence electrons. The van der Waals surface area contributed by atoms with Crippen molar-refractivity contribution in [1.29, 1.82) is 0 Å². The lowest BCUT2D eigenvalue weighted by Gasteiger charge is -2.35. The number of aliphatic carboxylic acids is 1. The Balaban J connectivity index is 1.71. The van der Waals surface area contributed by atoms with Crippen molar-refractivity contribution in [2.75, 3.05) is 13.7 Å². The molecule has 10 nitrogen and oxygen atoms in total. The van der Waals surface area contributed by atoms with Crippen molar-refractivity contribution in [1.82, 2.24) is 10.2 Å². The van der Waals surface area contributed by atoms with E-state index >= 15 is 0 Å². The standard InChI is InChI=1S/C27H26N2O8S/c1-17-24(26(32)36-2)25(28-27(33)29(17)15-7-12-23(30)31)21-10-5-6-11-22(21)37-38(34,35)20-14-13-18-8-3-4-9-19(18)16-20/h3-6,8-11,13-14,16,25H,7,12,15H2,1-2H3,(H,28,33)(H,30,31). The van der Waals surface area contributed by atoms with Crippen LogP contribution in [0, 0.1) is 0 Å². The zero-order valence-corrected chi connectivity index (χ0v) is 21.5. The molecule has 0 spiro atoms. The van der Waals surface area contributed by atoms with Gasteiger partial charge < -0.3 is 19.3 Å². The zero-order chi connectivity index (χ0) is 27.4. The molecule has 0 aromatic heterocycles. The third-order valence-corrected chi connectivity index (χ3v) is 7.44. The number of carbonyl (C=O) groups is 3. The molecule has 4 rings (SSSR count). The lowest BCUT2D eigenvalue weighted by Crippen LogP contribution is -2.48. The first-order valence-corrected chi connectivity index (χ1v) is 13.1. The Morgan fingerprint density at radius 1 is 1.03 bits per heavy atom. The van der Waals surface area contributed by atoms with Crippen LogP contribution in [0.3, 0.4) is 0 Å². The first kappa shape index (κ1) is 26.7. The van der Waals surface area contributed by atoms with Crippen LogP contribution in [0.2, 0.25) is 0 Å². The van der Waals surface area contributed by atoms with Crippen LogP contribution in [0.5, 0.6) is 5.75 Å². The van der Waals surface area contributed by atoms with Gasteiger partial charge in [0.2, 0.25) is 0 Å². The number of carboxylic acid groups (broad SMARTS) is 1. The van der Waals surface area contributed by atoms with Crippen molar-refractivity contribution >= 4 is 38.9 Å². The number of ether oxygens (including phenoxy) is 1. The summed E-state index contributed by atoms with van der Waals surface area (Å²) in [5.41, 5.74) is 0.569. The van der Waals surface area contributed by atoms with Gasteiger partial charge in [-0.15, -0.1) is 0 Å². The molecule has 2 N–H and O–H groups in total. The molecule has 0 bridgehead atoms. The summed E-state index contributed by atoms with van der Waals surface area (Å²) in [6, 6.07) is 16.5. The predicted molar refractivity (Wildman–Crippen MR) is 138 cm³/mol. The Morgan fingerprint density at radius 2 is 1.71 bits per heavy atom. The smallest absolute Gasteiger partial charge is 0.339 e. The highest BCUT2D eigenvalue weighted by Gasteiger charge is 2.38. The number of benzene rings is 3. The van der Waals surface area contributed by atoms with Gasteiger partial charge in [-0.3, -0.25) is 9.69 Å². The maximum absolute atomic E-state index is 13.2. The average molecular weight is 539 g/mol. The summed E-state index contributed by atoms with van der Waals surface area (Å²) in [4.78, 5) is 37.9. The van der Waals surface area contributed by atoms with Crippen LogP contribution in [0.25, 0.3) is 10.8 Å². The molecule has 0 aliphatic carbocycles. The lowest BCUT2D eigenvalue weighted by atomic mass is 9.94. The SMILES string of the molecule is COC(=O)C1=C(C)N(CCCC(=O)O)C(=O)NC1c1ccccc1OS(=O)(=O)c1ccc2ccccc2c1. The molecule has 0 saturated carbocycles. The summed E-state index contributed by atoms with van der Waals surface area (Å²) in [6.45, 7) is 1.61. The van der Waals surface area contributed by atoms with E-state index in [0.29, 0.717) is 0 Å². The van der Waals surface area contributed by atoms with Crippen LogP contribution < -0.4 is 9.50 Å². The van der Waals surface area contributed by atoms with E-state index in [9.17, 15) is 22.8 Å². The molecule has 0 fully saturated rings. The van der Waals surface area contributed by atoms with E-state index in [2.05, 4.69) is 5.32 Å². The summed E-state index contributed by atoms with van der Waals surface area (Å²) in [7, 11) is -3.09. The highest BCUT2D eigenvalue weighted by Crippen LogP contribution is 2.37. The molecule has 2 amide bonds. The fourth-order valence-corrected chi connectivity index (χ4v) is 5.32. The van der Waals surface area contributed by atoms with Gasteiger partial charge in [-0.25, -0.2) is 9.59 Å².